The third-order valence-corrected chi connectivity index (χ3v) is 2.77. The summed E-state index contributed by atoms with van der Waals surface area (Å²) >= 11 is 1.72. The van der Waals surface area contributed by atoms with Crippen molar-refractivity contribution >= 4 is 17.5 Å². The number of hydrogen-bond donors (Lipinski definition) is 0. The van der Waals surface area contributed by atoms with E-state index in [2.05, 4.69) is 13.5 Å². The topological polar surface area (TPSA) is 17.1 Å². The maximum atomic E-state index is 11.2. The van der Waals surface area contributed by atoms with Gasteiger partial charge in [0.05, 0.1) is 5.75 Å². The molecule has 76 valence electrons. The van der Waals surface area contributed by atoms with Gasteiger partial charge in [0.15, 0.2) is 0 Å². The summed E-state index contributed by atoms with van der Waals surface area (Å²) in [5.41, 5.74) is 0. The first-order chi connectivity index (χ1) is 6.31. The first-order valence-electron chi connectivity index (χ1n) is 5.01. The molecule has 0 radical (unpaired) electrons. The molecule has 13 heavy (non-hydrogen) atoms. The van der Waals surface area contributed by atoms with Crippen LogP contribution in [-0.2, 0) is 4.79 Å². The third-order valence-electron chi connectivity index (χ3n) is 1.83. The molecule has 0 atom stereocenters. The van der Waals surface area contributed by atoms with Crippen LogP contribution in [0.15, 0.2) is 12.7 Å². The summed E-state index contributed by atoms with van der Waals surface area (Å²) in [6, 6.07) is 0. The molecular formula is C11H20OS. The lowest BCUT2D eigenvalue weighted by Gasteiger charge is -1.99. The molecule has 0 saturated carbocycles. The Bertz CT molecular complexity index is 143. The number of rotatable bonds is 9. The van der Waals surface area contributed by atoms with E-state index in [1.165, 1.54) is 6.42 Å². The zero-order valence-corrected chi connectivity index (χ0v) is 9.37. The third kappa shape index (κ3) is 9.68. The van der Waals surface area contributed by atoms with E-state index in [1.54, 1.807) is 11.8 Å². The number of allylic oxidation sites excluding steroid dienone is 1. The van der Waals surface area contributed by atoms with Crippen LogP contribution in [0.5, 0.6) is 0 Å². The van der Waals surface area contributed by atoms with E-state index in [9.17, 15) is 4.79 Å². The Kier molecular flexibility index (Phi) is 9.66. The Morgan fingerprint density at radius 2 is 2.15 bits per heavy atom. The fourth-order valence-corrected chi connectivity index (χ4v) is 1.65. The molecule has 2 heteroatoms. The molecule has 0 unspecified atom stereocenters. The number of hydrogen-bond acceptors (Lipinski definition) is 2. The molecule has 0 saturated heterocycles. The number of ketones is 1. The van der Waals surface area contributed by atoms with E-state index in [0.29, 0.717) is 11.5 Å². The van der Waals surface area contributed by atoms with Crippen LogP contribution in [0.3, 0.4) is 0 Å². The lowest BCUT2D eigenvalue weighted by atomic mass is 10.1. The Labute approximate surface area is 86.0 Å². The summed E-state index contributed by atoms with van der Waals surface area (Å²) in [7, 11) is 0. The molecule has 0 aromatic carbocycles. The van der Waals surface area contributed by atoms with E-state index in [1.807, 2.05) is 6.08 Å². The highest BCUT2D eigenvalue weighted by molar-refractivity contribution is 7.99. The minimum absolute atomic E-state index is 0.408. The number of thioether (sulfide) groups is 1. The molecule has 0 aromatic rings. The van der Waals surface area contributed by atoms with Crippen LogP contribution in [-0.4, -0.2) is 17.3 Å². The van der Waals surface area contributed by atoms with Crippen molar-refractivity contribution in [3.8, 4) is 0 Å². The quantitative estimate of drug-likeness (QED) is 0.419. The minimum Gasteiger partial charge on any atom is -0.299 e. The average molecular weight is 200 g/mol. The molecule has 0 spiro atoms. The molecular weight excluding hydrogens is 180 g/mol. The van der Waals surface area contributed by atoms with Crippen LogP contribution < -0.4 is 0 Å². The standard InChI is InChI=1S/C11H20OS/c1-3-5-6-7-8-9-11(12)10-13-4-2/h3H,1,4-10H2,2H3. The monoisotopic (exact) mass is 200 g/mol. The molecule has 0 aliphatic rings. The second kappa shape index (κ2) is 9.85. The van der Waals surface area contributed by atoms with E-state index in [0.717, 1.165) is 31.4 Å². The van der Waals surface area contributed by atoms with Crippen molar-refractivity contribution in [2.75, 3.05) is 11.5 Å². The van der Waals surface area contributed by atoms with Gasteiger partial charge in [-0.3, -0.25) is 4.79 Å². The average Bonchev–Trinajstić information content (AvgIpc) is 2.14. The van der Waals surface area contributed by atoms with Gasteiger partial charge in [-0.2, -0.15) is 11.8 Å². The van der Waals surface area contributed by atoms with Gasteiger partial charge in [0.25, 0.3) is 0 Å². The van der Waals surface area contributed by atoms with Gasteiger partial charge in [0, 0.05) is 6.42 Å². The highest BCUT2D eigenvalue weighted by Gasteiger charge is 2.00. The van der Waals surface area contributed by atoms with Gasteiger partial charge in [0.2, 0.25) is 0 Å². The molecule has 0 rings (SSSR count). The first-order valence-corrected chi connectivity index (χ1v) is 6.17. The smallest absolute Gasteiger partial charge is 0.142 e. The van der Waals surface area contributed by atoms with E-state index >= 15 is 0 Å². The van der Waals surface area contributed by atoms with Crippen LogP contribution >= 0.6 is 11.8 Å². The van der Waals surface area contributed by atoms with Crippen molar-refractivity contribution in [1.29, 1.82) is 0 Å². The number of carbonyl (C=O) groups is 1. The molecule has 0 bridgehead atoms. The van der Waals surface area contributed by atoms with Crippen LogP contribution in [0.4, 0.5) is 0 Å². The summed E-state index contributed by atoms with van der Waals surface area (Å²) in [4.78, 5) is 11.2. The van der Waals surface area contributed by atoms with Gasteiger partial charge in [-0.25, -0.2) is 0 Å². The zero-order valence-electron chi connectivity index (χ0n) is 8.55. The Morgan fingerprint density at radius 1 is 1.38 bits per heavy atom. The van der Waals surface area contributed by atoms with Crippen LogP contribution in [0, 0.1) is 0 Å². The minimum atomic E-state index is 0.408. The molecule has 0 heterocycles. The Hall–Kier alpha value is -0.240. The second-order valence-electron chi connectivity index (χ2n) is 3.06. The van der Waals surface area contributed by atoms with Crippen molar-refractivity contribution in [2.24, 2.45) is 0 Å². The lowest BCUT2D eigenvalue weighted by molar-refractivity contribution is -0.116. The van der Waals surface area contributed by atoms with E-state index in [-0.39, 0.29) is 0 Å². The van der Waals surface area contributed by atoms with E-state index in [4.69, 9.17) is 0 Å². The van der Waals surface area contributed by atoms with Crippen LogP contribution in [0.25, 0.3) is 0 Å². The van der Waals surface area contributed by atoms with Gasteiger partial charge in [-0.05, 0) is 25.0 Å². The maximum absolute atomic E-state index is 11.2. The summed E-state index contributed by atoms with van der Waals surface area (Å²) in [6.07, 6.45) is 7.18. The van der Waals surface area contributed by atoms with Crippen molar-refractivity contribution in [1.82, 2.24) is 0 Å². The molecule has 1 nitrogen and oxygen atoms in total. The molecule has 0 aliphatic heterocycles. The Balaban J connectivity index is 3.12. The van der Waals surface area contributed by atoms with Crippen LogP contribution in [0.2, 0.25) is 0 Å². The summed E-state index contributed by atoms with van der Waals surface area (Å²) in [5, 5.41) is 0. The van der Waals surface area contributed by atoms with Gasteiger partial charge in [-0.15, -0.1) is 6.58 Å². The largest absolute Gasteiger partial charge is 0.299 e. The van der Waals surface area contributed by atoms with Gasteiger partial charge < -0.3 is 0 Å². The first kappa shape index (κ1) is 12.8. The highest BCUT2D eigenvalue weighted by Crippen LogP contribution is 2.06. The van der Waals surface area contributed by atoms with Crippen molar-refractivity contribution in [2.45, 2.75) is 39.0 Å². The highest BCUT2D eigenvalue weighted by atomic mass is 32.2. The molecule has 0 aromatic heterocycles. The lowest BCUT2D eigenvalue weighted by Crippen LogP contribution is -2.01. The fraction of sp³-hybridized carbons (Fsp3) is 0.727. The van der Waals surface area contributed by atoms with Gasteiger partial charge >= 0.3 is 0 Å². The zero-order chi connectivity index (χ0) is 9.94. The van der Waals surface area contributed by atoms with Crippen LogP contribution in [0.1, 0.15) is 39.0 Å². The molecule has 0 aliphatic carbocycles. The molecule has 0 fully saturated rings. The summed E-state index contributed by atoms with van der Waals surface area (Å²) < 4.78 is 0. The summed E-state index contributed by atoms with van der Waals surface area (Å²) in [5.74, 6) is 2.16. The van der Waals surface area contributed by atoms with Crippen molar-refractivity contribution in [3.63, 3.8) is 0 Å². The number of carbonyl (C=O) groups excluding carboxylic acids is 1. The van der Waals surface area contributed by atoms with Crippen molar-refractivity contribution < 1.29 is 4.79 Å². The van der Waals surface area contributed by atoms with Gasteiger partial charge in [-0.1, -0.05) is 19.4 Å². The summed E-state index contributed by atoms with van der Waals surface area (Å²) in [6.45, 7) is 5.75. The van der Waals surface area contributed by atoms with E-state index < -0.39 is 0 Å². The predicted molar refractivity (Wildman–Crippen MR) is 61.3 cm³/mol. The fourth-order valence-electron chi connectivity index (χ4n) is 1.08. The molecule has 0 amide bonds. The number of Topliss-reactive ketones (excluding diaryl/α,β-unsaturated/α-hetero) is 1. The van der Waals surface area contributed by atoms with Gasteiger partial charge in [0.1, 0.15) is 5.78 Å². The van der Waals surface area contributed by atoms with Crippen molar-refractivity contribution in [3.05, 3.63) is 12.7 Å². The Morgan fingerprint density at radius 3 is 2.77 bits per heavy atom. The molecule has 0 N–H and O–H groups in total. The number of unbranched alkanes of at least 4 members (excludes halogenated alkanes) is 3. The maximum Gasteiger partial charge on any atom is 0.142 e. The normalized spacial score (nSPS) is 9.92. The second-order valence-corrected chi connectivity index (χ2v) is 4.34. The predicted octanol–water partition coefficient (Wildman–Crippen LogP) is 3.45. The SMILES string of the molecule is C=CCCCCCC(=O)CSCC.